The Balaban J connectivity index is 1.56. The van der Waals surface area contributed by atoms with Gasteiger partial charge in [-0.1, -0.05) is 5.16 Å². The highest BCUT2D eigenvalue weighted by Gasteiger charge is 2.43. The molecule has 7 heteroatoms. The molecule has 1 spiro atoms. The van der Waals surface area contributed by atoms with Crippen molar-refractivity contribution < 1.29 is 27.8 Å². The second kappa shape index (κ2) is 6.78. The molecular formula is C18H21F2NO4. The number of rotatable bonds is 5. The Kier molecular flexibility index (Phi) is 4.50. The second-order valence-electron chi connectivity index (χ2n) is 6.86. The Morgan fingerprint density at radius 3 is 2.76 bits per heavy atom. The van der Waals surface area contributed by atoms with E-state index in [2.05, 4.69) is 9.89 Å². The monoisotopic (exact) mass is 353 g/mol. The average molecular weight is 353 g/mol. The predicted molar refractivity (Wildman–Crippen MR) is 86.4 cm³/mol. The van der Waals surface area contributed by atoms with Gasteiger partial charge in [-0.3, -0.25) is 0 Å². The first-order chi connectivity index (χ1) is 12.1. The summed E-state index contributed by atoms with van der Waals surface area (Å²) in [7, 11) is 0. The van der Waals surface area contributed by atoms with Gasteiger partial charge in [-0.2, -0.15) is 8.78 Å². The second-order valence-corrected chi connectivity index (χ2v) is 6.86. The molecule has 0 unspecified atom stereocenters. The lowest BCUT2D eigenvalue weighted by Gasteiger charge is -2.18. The van der Waals surface area contributed by atoms with Gasteiger partial charge in [0.05, 0.1) is 25.0 Å². The van der Waals surface area contributed by atoms with Crippen molar-refractivity contribution in [2.24, 2.45) is 5.16 Å². The van der Waals surface area contributed by atoms with Crippen molar-refractivity contribution in [3.63, 3.8) is 0 Å². The van der Waals surface area contributed by atoms with Crippen LogP contribution in [0.15, 0.2) is 23.4 Å². The Hall–Kier alpha value is -1.89. The SMILES string of the molecule is FC(F)Oc1ccc(C2=NO[C@]3(CCOC3)C2)cc1OC1CCCC1. The van der Waals surface area contributed by atoms with E-state index in [1.165, 1.54) is 6.07 Å². The van der Waals surface area contributed by atoms with Crippen molar-refractivity contribution in [3.8, 4) is 11.5 Å². The first kappa shape index (κ1) is 16.6. The zero-order valence-corrected chi connectivity index (χ0v) is 13.9. The van der Waals surface area contributed by atoms with Crippen LogP contribution in [0.3, 0.4) is 0 Å². The average Bonchev–Trinajstić information content (AvgIpc) is 3.33. The first-order valence-corrected chi connectivity index (χ1v) is 8.72. The molecule has 2 aliphatic heterocycles. The van der Waals surface area contributed by atoms with Crippen LogP contribution in [0.5, 0.6) is 11.5 Å². The van der Waals surface area contributed by atoms with Crippen LogP contribution in [0.4, 0.5) is 8.78 Å². The fourth-order valence-corrected chi connectivity index (χ4v) is 3.64. The zero-order valence-electron chi connectivity index (χ0n) is 13.9. The third-order valence-electron chi connectivity index (χ3n) is 5.00. The number of oxime groups is 1. The molecule has 0 N–H and O–H groups in total. The molecule has 4 rings (SSSR count). The standard InChI is InChI=1S/C18H21F2NO4/c19-17(20)24-15-6-5-12(9-16(15)23-13-3-1-2-4-13)14-10-18(25-21-14)7-8-22-11-18/h5-6,9,13,17H,1-4,7-8,10-11H2/t18-/m1/s1. The maximum atomic E-state index is 12.7. The molecular weight excluding hydrogens is 332 g/mol. The lowest BCUT2D eigenvalue weighted by Crippen LogP contribution is -2.29. The van der Waals surface area contributed by atoms with Crippen molar-refractivity contribution in [1.82, 2.24) is 0 Å². The maximum absolute atomic E-state index is 12.7. The summed E-state index contributed by atoms with van der Waals surface area (Å²) in [5.74, 6) is 0.403. The number of nitrogens with zero attached hydrogens (tertiary/aromatic N) is 1. The highest BCUT2D eigenvalue weighted by Crippen LogP contribution is 2.37. The van der Waals surface area contributed by atoms with Gasteiger partial charge in [-0.05, 0) is 43.9 Å². The van der Waals surface area contributed by atoms with Gasteiger partial charge in [0.1, 0.15) is 0 Å². The molecule has 0 aromatic heterocycles. The van der Waals surface area contributed by atoms with Crippen molar-refractivity contribution in [2.75, 3.05) is 13.2 Å². The molecule has 1 aliphatic carbocycles. The smallest absolute Gasteiger partial charge is 0.387 e. The highest BCUT2D eigenvalue weighted by molar-refractivity contribution is 6.02. The van der Waals surface area contributed by atoms with Gasteiger partial charge < -0.3 is 19.0 Å². The molecule has 0 bridgehead atoms. The molecule has 1 saturated heterocycles. The van der Waals surface area contributed by atoms with Gasteiger partial charge in [-0.25, -0.2) is 0 Å². The van der Waals surface area contributed by atoms with Crippen molar-refractivity contribution in [2.45, 2.75) is 56.8 Å². The Bertz CT molecular complexity index is 652. The summed E-state index contributed by atoms with van der Waals surface area (Å²) in [5, 5.41) is 4.20. The molecule has 0 radical (unpaired) electrons. The molecule has 0 amide bonds. The molecule has 1 saturated carbocycles. The van der Waals surface area contributed by atoms with Crippen LogP contribution >= 0.6 is 0 Å². The van der Waals surface area contributed by atoms with Crippen LogP contribution in [0.2, 0.25) is 0 Å². The highest BCUT2D eigenvalue weighted by atomic mass is 19.3. The minimum Gasteiger partial charge on any atom is -0.487 e. The van der Waals surface area contributed by atoms with Gasteiger partial charge in [0.25, 0.3) is 0 Å². The molecule has 3 aliphatic rings. The fraction of sp³-hybridized carbons (Fsp3) is 0.611. The van der Waals surface area contributed by atoms with Gasteiger partial charge in [-0.15, -0.1) is 0 Å². The fourth-order valence-electron chi connectivity index (χ4n) is 3.64. The number of hydrogen-bond donors (Lipinski definition) is 0. The van der Waals surface area contributed by atoms with E-state index >= 15 is 0 Å². The molecule has 25 heavy (non-hydrogen) atoms. The van der Waals surface area contributed by atoms with Crippen molar-refractivity contribution in [3.05, 3.63) is 23.8 Å². The van der Waals surface area contributed by atoms with E-state index in [0.717, 1.165) is 43.4 Å². The van der Waals surface area contributed by atoms with Crippen LogP contribution < -0.4 is 9.47 Å². The number of benzene rings is 1. The van der Waals surface area contributed by atoms with Crippen LogP contribution in [-0.4, -0.2) is 37.2 Å². The van der Waals surface area contributed by atoms with Gasteiger partial charge in [0.2, 0.25) is 0 Å². The molecule has 1 aromatic carbocycles. The van der Waals surface area contributed by atoms with E-state index in [9.17, 15) is 8.78 Å². The molecule has 5 nitrogen and oxygen atoms in total. The van der Waals surface area contributed by atoms with Gasteiger partial charge in [0, 0.05) is 18.4 Å². The third kappa shape index (κ3) is 3.56. The molecule has 2 heterocycles. The van der Waals surface area contributed by atoms with Crippen LogP contribution in [0.25, 0.3) is 0 Å². The van der Waals surface area contributed by atoms with Crippen LogP contribution in [0, 0.1) is 0 Å². The van der Waals surface area contributed by atoms with Crippen LogP contribution in [0.1, 0.15) is 44.1 Å². The van der Waals surface area contributed by atoms with E-state index in [1.807, 2.05) is 0 Å². The lowest BCUT2D eigenvalue weighted by atomic mass is 9.93. The summed E-state index contributed by atoms with van der Waals surface area (Å²) in [6, 6.07) is 4.97. The van der Waals surface area contributed by atoms with Crippen LogP contribution in [-0.2, 0) is 9.57 Å². The van der Waals surface area contributed by atoms with Gasteiger partial charge in [0.15, 0.2) is 17.1 Å². The number of alkyl halides is 2. The quantitative estimate of drug-likeness (QED) is 0.806. The predicted octanol–water partition coefficient (Wildman–Crippen LogP) is 3.89. The van der Waals surface area contributed by atoms with E-state index < -0.39 is 6.61 Å². The molecule has 1 atom stereocenters. The lowest BCUT2D eigenvalue weighted by molar-refractivity contribution is -0.0520. The molecule has 136 valence electrons. The van der Waals surface area contributed by atoms with E-state index in [-0.39, 0.29) is 17.5 Å². The Morgan fingerprint density at radius 1 is 1.20 bits per heavy atom. The minimum atomic E-state index is -2.89. The van der Waals surface area contributed by atoms with E-state index in [1.54, 1.807) is 12.1 Å². The number of ether oxygens (including phenoxy) is 3. The van der Waals surface area contributed by atoms with Gasteiger partial charge >= 0.3 is 6.61 Å². The third-order valence-corrected chi connectivity index (χ3v) is 5.00. The van der Waals surface area contributed by atoms with Crippen molar-refractivity contribution >= 4 is 5.71 Å². The maximum Gasteiger partial charge on any atom is 0.387 e. The zero-order chi connectivity index (χ0) is 17.3. The summed E-state index contributed by atoms with van der Waals surface area (Å²) in [6.07, 6.45) is 5.55. The summed E-state index contributed by atoms with van der Waals surface area (Å²) >= 11 is 0. The largest absolute Gasteiger partial charge is 0.487 e. The van der Waals surface area contributed by atoms with E-state index in [0.29, 0.717) is 25.4 Å². The topological polar surface area (TPSA) is 49.3 Å². The normalized spacial score (nSPS) is 26.3. The first-order valence-electron chi connectivity index (χ1n) is 8.72. The number of hydrogen-bond acceptors (Lipinski definition) is 5. The molecule has 2 fully saturated rings. The molecule has 1 aromatic rings. The number of halogens is 2. The summed E-state index contributed by atoms with van der Waals surface area (Å²) in [4.78, 5) is 5.61. The summed E-state index contributed by atoms with van der Waals surface area (Å²) in [6.45, 7) is -1.69. The van der Waals surface area contributed by atoms with Crippen molar-refractivity contribution in [1.29, 1.82) is 0 Å². The Labute approximate surface area is 144 Å². The summed E-state index contributed by atoms with van der Waals surface area (Å²) in [5.41, 5.74) is 1.21. The summed E-state index contributed by atoms with van der Waals surface area (Å²) < 4.78 is 41.3. The minimum absolute atomic E-state index is 0.0478. The Morgan fingerprint density at radius 2 is 2.04 bits per heavy atom. The van der Waals surface area contributed by atoms with E-state index in [4.69, 9.17) is 14.3 Å².